The molecule has 0 atom stereocenters. The molecule has 0 saturated heterocycles. The van der Waals surface area contributed by atoms with Gasteiger partial charge in [-0.25, -0.2) is 4.79 Å². The molecule has 1 aliphatic rings. The average molecular weight is 210 g/mol. The zero-order valence-electron chi connectivity index (χ0n) is 9.76. The van der Waals surface area contributed by atoms with Gasteiger partial charge in [-0.1, -0.05) is 6.92 Å². The first kappa shape index (κ1) is 11.8. The van der Waals surface area contributed by atoms with Crippen LogP contribution in [0, 0.1) is 17.2 Å². The van der Waals surface area contributed by atoms with Crippen LogP contribution < -0.4 is 5.32 Å². The van der Waals surface area contributed by atoms with Crippen molar-refractivity contribution in [1.29, 1.82) is 5.26 Å². The molecule has 0 aromatic carbocycles. The van der Waals surface area contributed by atoms with Crippen LogP contribution in [0.3, 0.4) is 0 Å². The van der Waals surface area contributed by atoms with Gasteiger partial charge in [-0.15, -0.1) is 0 Å². The van der Waals surface area contributed by atoms with Gasteiger partial charge >= 0.3 is 6.09 Å². The molecule has 4 heteroatoms. The maximum Gasteiger partial charge on any atom is 0.408 e. The Labute approximate surface area is 90.6 Å². The zero-order chi connectivity index (χ0) is 11.7. The highest BCUT2D eigenvalue weighted by Crippen LogP contribution is 2.36. The number of nitrogens with zero attached hydrogens (tertiary/aromatic N) is 1. The summed E-state index contributed by atoms with van der Waals surface area (Å²) < 4.78 is 5.11. The van der Waals surface area contributed by atoms with Crippen molar-refractivity contribution in [1.82, 2.24) is 5.32 Å². The molecule has 0 radical (unpaired) electrons. The summed E-state index contributed by atoms with van der Waals surface area (Å²) >= 11 is 0. The molecule has 1 amide bonds. The maximum absolute atomic E-state index is 11.4. The lowest BCUT2D eigenvalue weighted by atomic mass is 9.70. The molecule has 0 unspecified atom stereocenters. The summed E-state index contributed by atoms with van der Waals surface area (Å²) in [5.74, 6) is 0.500. The summed E-state index contributed by atoms with van der Waals surface area (Å²) in [5, 5.41) is 11.6. The van der Waals surface area contributed by atoms with Crippen molar-refractivity contribution in [2.24, 2.45) is 5.92 Å². The van der Waals surface area contributed by atoms with Gasteiger partial charge in [0.25, 0.3) is 0 Å². The number of carbonyl (C=O) groups excluding carboxylic acids is 1. The minimum atomic E-state index is -0.693. The van der Waals surface area contributed by atoms with E-state index in [1.54, 1.807) is 20.8 Å². The van der Waals surface area contributed by atoms with Crippen molar-refractivity contribution in [3.8, 4) is 6.07 Å². The molecule has 4 nitrogen and oxygen atoms in total. The monoisotopic (exact) mass is 210 g/mol. The summed E-state index contributed by atoms with van der Waals surface area (Å²) in [6.45, 7) is 7.46. The highest BCUT2D eigenvalue weighted by atomic mass is 16.6. The van der Waals surface area contributed by atoms with Crippen molar-refractivity contribution in [2.45, 2.75) is 51.7 Å². The third-order valence-corrected chi connectivity index (χ3v) is 2.35. The highest BCUT2D eigenvalue weighted by Gasteiger charge is 2.44. The quantitative estimate of drug-likeness (QED) is 0.721. The second-order valence-electron chi connectivity index (χ2n) is 5.33. The van der Waals surface area contributed by atoms with Gasteiger partial charge in [0.05, 0.1) is 6.07 Å². The largest absolute Gasteiger partial charge is 0.444 e. The molecule has 0 heterocycles. The number of ether oxygens (including phenoxy) is 1. The van der Waals surface area contributed by atoms with E-state index in [1.807, 2.05) is 0 Å². The third kappa shape index (κ3) is 3.12. The van der Waals surface area contributed by atoms with Crippen LogP contribution in [0.25, 0.3) is 0 Å². The Bertz CT molecular complexity index is 293. The molecule has 0 aliphatic heterocycles. The van der Waals surface area contributed by atoms with Crippen molar-refractivity contribution in [3.05, 3.63) is 0 Å². The highest BCUT2D eigenvalue weighted by molar-refractivity contribution is 5.69. The van der Waals surface area contributed by atoms with E-state index in [4.69, 9.17) is 10.00 Å². The Hall–Kier alpha value is -1.24. The van der Waals surface area contributed by atoms with Gasteiger partial charge in [0.2, 0.25) is 0 Å². The Kier molecular flexibility index (Phi) is 2.94. The van der Waals surface area contributed by atoms with Crippen molar-refractivity contribution in [3.63, 3.8) is 0 Å². The van der Waals surface area contributed by atoms with E-state index in [0.717, 1.165) is 0 Å². The van der Waals surface area contributed by atoms with Crippen LogP contribution in [0.1, 0.15) is 40.5 Å². The molecular weight excluding hydrogens is 192 g/mol. The molecule has 1 N–H and O–H groups in total. The number of carbonyl (C=O) groups is 1. The van der Waals surface area contributed by atoms with Crippen LogP contribution in [0.2, 0.25) is 0 Å². The van der Waals surface area contributed by atoms with Gasteiger partial charge < -0.3 is 10.1 Å². The maximum atomic E-state index is 11.4. The molecule has 1 aliphatic carbocycles. The topological polar surface area (TPSA) is 62.1 Å². The zero-order valence-corrected chi connectivity index (χ0v) is 9.76. The molecule has 0 spiro atoms. The van der Waals surface area contributed by atoms with Crippen LogP contribution in [0.15, 0.2) is 0 Å². The van der Waals surface area contributed by atoms with Gasteiger partial charge in [0, 0.05) is 0 Å². The van der Waals surface area contributed by atoms with E-state index in [1.165, 1.54) is 0 Å². The lowest BCUT2D eigenvalue weighted by Gasteiger charge is -2.41. The van der Waals surface area contributed by atoms with Crippen LogP contribution >= 0.6 is 0 Å². The molecule has 15 heavy (non-hydrogen) atoms. The SMILES string of the molecule is CC1CC(C#N)(NC(=O)OC(C)(C)C)C1. The van der Waals surface area contributed by atoms with Crippen molar-refractivity contribution >= 4 is 6.09 Å². The number of hydrogen-bond acceptors (Lipinski definition) is 3. The summed E-state index contributed by atoms with van der Waals surface area (Å²) in [6.07, 6.45) is 0.918. The lowest BCUT2D eigenvalue weighted by molar-refractivity contribution is 0.0396. The third-order valence-electron chi connectivity index (χ3n) is 2.35. The van der Waals surface area contributed by atoms with Crippen LogP contribution in [-0.4, -0.2) is 17.2 Å². The Morgan fingerprint density at radius 3 is 2.40 bits per heavy atom. The van der Waals surface area contributed by atoms with E-state index in [2.05, 4.69) is 18.3 Å². The average Bonchev–Trinajstić information content (AvgIpc) is 1.97. The van der Waals surface area contributed by atoms with E-state index in [0.29, 0.717) is 18.8 Å². The van der Waals surface area contributed by atoms with Gasteiger partial charge in [-0.05, 0) is 39.5 Å². The normalized spacial score (nSPS) is 29.9. The van der Waals surface area contributed by atoms with E-state index < -0.39 is 17.2 Å². The standard InChI is InChI=1S/C11H18N2O2/c1-8-5-11(6-8,7-12)13-9(14)15-10(2,3)4/h8H,5-6H2,1-4H3,(H,13,14). The fourth-order valence-electron chi connectivity index (χ4n) is 1.85. The van der Waals surface area contributed by atoms with Gasteiger partial charge in [0.15, 0.2) is 0 Å². The fourth-order valence-corrected chi connectivity index (χ4v) is 1.85. The molecule has 1 saturated carbocycles. The molecule has 1 fully saturated rings. The van der Waals surface area contributed by atoms with E-state index in [9.17, 15) is 4.79 Å². The summed E-state index contributed by atoms with van der Waals surface area (Å²) in [4.78, 5) is 11.4. The number of nitriles is 1. The Morgan fingerprint density at radius 1 is 1.53 bits per heavy atom. The minimum absolute atomic E-state index is 0.500. The molecular formula is C11H18N2O2. The van der Waals surface area contributed by atoms with Crippen LogP contribution in [-0.2, 0) is 4.74 Å². The Balaban J connectivity index is 2.48. The number of alkyl carbamates (subject to hydrolysis) is 1. The first-order chi connectivity index (χ1) is 6.76. The minimum Gasteiger partial charge on any atom is -0.444 e. The summed E-state index contributed by atoms with van der Waals surface area (Å²) in [5.41, 5.74) is -1.21. The number of hydrogen-bond donors (Lipinski definition) is 1. The van der Waals surface area contributed by atoms with Crippen molar-refractivity contribution in [2.75, 3.05) is 0 Å². The van der Waals surface area contributed by atoms with Gasteiger partial charge in [-0.2, -0.15) is 5.26 Å². The molecule has 84 valence electrons. The smallest absolute Gasteiger partial charge is 0.408 e. The molecule has 0 aromatic heterocycles. The predicted octanol–water partition coefficient (Wildman–Crippen LogP) is 2.20. The van der Waals surface area contributed by atoms with Crippen LogP contribution in [0.4, 0.5) is 4.79 Å². The van der Waals surface area contributed by atoms with E-state index >= 15 is 0 Å². The van der Waals surface area contributed by atoms with Gasteiger partial charge in [-0.3, -0.25) is 0 Å². The summed E-state index contributed by atoms with van der Waals surface area (Å²) in [6, 6.07) is 2.15. The first-order valence-electron chi connectivity index (χ1n) is 5.19. The molecule has 0 aromatic rings. The van der Waals surface area contributed by atoms with Crippen molar-refractivity contribution < 1.29 is 9.53 Å². The Morgan fingerprint density at radius 2 is 2.07 bits per heavy atom. The first-order valence-corrected chi connectivity index (χ1v) is 5.19. The predicted molar refractivity (Wildman–Crippen MR) is 56.1 cm³/mol. The number of rotatable bonds is 1. The summed E-state index contributed by atoms with van der Waals surface area (Å²) in [7, 11) is 0. The second kappa shape index (κ2) is 3.73. The molecule has 1 rings (SSSR count). The molecule has 0 bridgehead atoms. The van der Waals surface area contributed by atoms with Crippen LogP contribution in [0.5, 0.6) is 0 Å². The van der Waals surface area contributed by atoms with Gasteiger partial charge in [0.1, 0.15) is 11.1 Å². The lowest BCUT2D eigenvalue weighted by Crippen LogP contribution is -2.56. The number of nitrogens with one attached hydrogen (secondary N) is 1. The van der Waals surface area contributed by atoms with E-state index in [-0.39, 0.29) is 0 Å². The number of amides is 1. The fraction of sp³-hybridized carbons (Fsp3) is 0.818. The second-order valence-corrected chi connectivity index (χ2v) is 5.33.